The van der Waals surface area contributed by atoms with E-state index in [0.717, 1.165) is 22.3 Å². The van der Waals surface area contributed by atoms with Gasteiger partial charge in [-0.05, 0) is 63.8 Å². The Balaban J connectivity index is 1.48. The highest BCUT2D eigenvalue weighted by Gasteiger charge is 2.42. The SMILES string of the molecule is Cc1ccc2c3c(nn2c1)CCC(CC(=O)c1c(Cl)cc(-n2cnc(C)n2)cc1Cl)(C(C)O)C3. The summed E-state index contributed by atoms with van der Waals surface area (Å²) in [6.07, 6.45) is 4.91. The molecular formula is C25H25Cl2N5O2. The lowest BCUT2D eigenvalue weighted by Crippen LogP contribution is -2.40. The number of aromatic nitrogens is 5. The molecule has 3 heterocycles. The van der Waals surface area contributed by atoms with Gasteiger partial charge < -0.3 is 5.11 Å². The third-order valence-electron chi connectivity index (χ3n) is 6.93. The Labute approximate surface area is 207 Å². The molecule has 1 aliphatic carbocycles. The molecule has 0 fully saturated rings. The van der Waals surface area contributed by atoms with E-state index in [1.54, 1.807) is 37.0 Å². The van der Waals surface area contributed by atoms with Crippen LogP contribution < -0.4 is 0 Å². The largest absolute Gasteiger partial charge is 0.393 e. The number of aryl methyl sites for hydroxylation is 3. The van der Waals surface area contributed by atoms with Crippen LogP contribution in [0.4, 0.5) is 0 Å². The fourth-order valence-electron chi connectivity index (χ4n) is 4.95. The first-order chi connectivity index (χ1) is 16.2. The summed E-state index contributed by atoms with van der Waals surface area (Å²) < 4.78 is 3.46. The predicted molar refractivity (Wildman–Crippen MR) is 131 cm³/mol. The molecule has 0 spiro atoms. The van der Waals surface area contributed by atoms with Crippen LogP contribution in [0.1, 0.15) is 52.8 Å². The third-order valence-corrected chi connectivity index (χ3v) is 7.52. The normalized spacial score (nSPS) is 18.8. The van der Waals surface area contributed by atoms with Crippen molar-refractivity contribution in [1.29, 1.82) is 0 Å². The maximum absolute atomic E-state index is 13.5. The van der Waals surface area contributed by atoms with Crippen molar-refractivity contribution in [2.75, 3.05) is 0 Å². The Hall–Kier alpha value is -2.74. The van der Waals surface area contributed by atoms with Gasteiger partial charge in [-0.25, -0.2) is 14.2 Å². The number of rotatable bonds is 5. The van der Waals surface area contributed by atoms with Crippen molar-refractivity contribution in [1.82, 2.24) is 24.4 Å². The van der Waals surface area contributed by atoms with Gasteiger partial charge in [-0.2, -0.15) is 10.2 Å². The summed E-state index contributed by atoms with van der Waals surface area (Å²) in [4.78, 5) is 17.7. The minimum atomic E-state index is -0.694. The molecule has 0 radical (unpaired) electrons. The molecule has 5 rings (SSSR count). The highest BCUT2D eigenvalue weighted by Crippen LogP contribution is 2.44. The second kappa shape index (κ2) is 8.48. The Bertz CT molecular complexity index is 1400. The zero-order valence-corrected chi connectivity index (χ0v) is 20.7. The van der Waals surface area contributed by atoms with Gasteiger partial charge in [0.05, 0.1) is 38.6 Å². The molecule has 4 aromatic rings. The number of aliphatic hydroxyl groups excluding tert-OH is 1. The van der Waals surface area contributed by atoms with Gasteiger partial charge in [0.25, 0.3) is 0 Å². The number of carbonyl (C=O) groups is 1. The Morgan fingerprint density at radius 2 is 1.94 bits per heavy atom. The highest BCUT2D eigenvalue weighted by atomic mass is 35.5. The summed E-state index contributed by atoms with van der Waals surface area (Å²) in [5, 5.41) is 20.4. The summed E-state index contributed by atoms with van der Waals surface area (Å²) >= 11 is 13.1. The molecule has 0 saturated carbocycles. The van der Waals surface area contributed by atoms with Crippen molar-refractivity contribution in [2.24, 2.45) is 5.41 Å². The monoisotopic (exact) mass is 497 g/mol. The molecule has 1 aromatic carbocycles. The molecule has 176 valence electrons. The molecule has 0 amide bonds. The van der Waals surface area contributed by atoms with E-state index >= 15 is 0 Å². The van der Waals surface area contributed by atoms with E-state index in [1.165, 1.54) is 0 Å². The van der Waals surface area contributed by atoms with Gasteiger partial charge in [0.1, 0.15) is 12.2 Å². The molecule has 34 heavy (non-hydrogen) atoms. The minimum Gasteiger partial charge on any atom is -0.393 e. The van der Waals surface area contributed by atoms with Crippen LogP contribution in [0.25, 0.3) is 11.2 Å². The number of ketones is 1. The summed E-state index contributed by atoms with van der Waals surface area (Å²) in [5.74, 6) is 0.429. The number of fused-ring (bicyclic) bond motifs is 3. The van der Waals surface area contributed by atoms with Gasteiger partial charge in [-0.3, -0.25) is 4.79 Å². The lowest BCUT2D eigenvalue weighted by Gasteiger charge is -2.39. The number of hydrogen-bond acceptors (Lipinski definition) is 5. The van der Waals surface area contributed by atoms with E-state index in [-0.39, 0.29) is 27.8 Å². The molecule has 2 atom stereocenters. The van der Waals surface area contributed by atoms with Gasteiger partial charge >= 0.3 is 0 Å². The summed E-state index contributed by atoms with van der Waals surface area (Å²) in [7, 11) is 0. The first-order valence-electron chi connectivity index (χ1n) is 11.2. The number of nitrogens with zero attached hydrogens (tertiary/aromatic N) is 5. The Kier molecular flexibility index (Phi) is 5.74. The van der Waals surface area contributed by atoms with Crippen molar-refractivity contribution in [2.45, 2.75) is 52.6 Å². The molecule has 1 aliphatic rings. The number of benzene rings is 1. The zero-order valence-electron chi connectivity index (χ0n) is 19.2. The average Bonchev–Trinajstić information content (AvgIpc) is 3.35. The van der Waals surface area contributed by atoms with E-state index in [9.17, 15) is 9.90 Å². The lowest BCUT2D eigenvalue weighted by molar-refractivity contribution is 0.0204. The van der Waals surface area contributed by atoms with Crippen LogP contribution in [-0.2, 0) is 12.8 Å². The van der Waals surface area contributed by atoms with Crippen molar-refractivity contribution in [3.63, 3.8) is 0 Å². The Morgan fingerprint density at radius 1 is 1.21 bits per heavy atom. The Morgan fingerprint density at radius 3 is 2.59 bits per heavy atom. The summed E-state index contributed by atoms with van der Waals surface area (Å²) in [6.45, 7) is 5.57. The molecular weight excluding hydrogens is 473 g/mol. The molecule has 7 nitrogen and oxygen atoms in total. The molecule has 3 aromatic heterocycles. The van der Waals surface area contributed by atoms with E-state index in [1.807, 2.05) is 17.6 Å². The molecule has 2 unspecified atom stereocenters. The molecule has 0 aliphatic heterocycles. The smallest absolute Gasteiger partial charge is 0.166 e. The van der Waals surface area contributed by atoms with Crippen LogP contribution in [0.5, 0.6) is 0 Å². The van der Waals surface area contributed by atoms with Gasteiger partial charge in [0.2, 0.25) is 0 Å². The van der Waals surface area contributed by atoms with Gasteiger partial charge in [-0.1, -0.05) is 29.3 Å². The van der Waals surface area contributed by atoms with Crippen LogP contribution in [-0.4, -0.2) is 41.4 Å². The summed E-state index contributed by atoms with van der Waals surface area (Å²) in [5.41, 5.74) is 4.52. The van der Waals surface area contributed by atoms with Gasteiger partial charge in [-0.15, -0.1) is 0 Å². The van der Waals surface area contributed by atoms with E-state index in [0.29, 0.717) is 30.8 Å². The van der Waals surface area contributed by atoms with E-state index in [4.69, 9.17) is 28.3 Å². The van der Waals surface area contributed by atoms with Crippen molar-refractivity contribution >= 4 is 34.5 Å². The van der Waals surface area contributed by atoms with E-state index in [2.05, 4.69) is 22.2 Å². The van der Waals surface area contributed by atoms with Crippen LogP contribution in [0.15, 0.2) is 36.8 Å². The van der Waals surface area contributed by atoms with Crippen LogP contribution in [0, 0.1) is 19.3 Å². The number of hydrogen-bond donors (Lipinski definition) is 1. The van der Waals surface area contributed by atoms with Crippen LogP contribution >= 0.6 is 23.2 Å². The number of aliphatic hydroxyl groups is 1. The number of pyridine rings is 1. The van der Waals surface area contributed by atoms with Crippen LogP contribution in [0.2, 0.25) is 10.0 Å². The number of halogens is 2. The quantitative estimate of drug-likeness (QED) is 0.393. The minimum absolute atomic E-state index is 0.133. The second-order valence-electron chi connectivity index (χ2n) is 9.30. The maximum Gasteiger partial charge on any atom is 0.166 e. The molecule has 0 saturated heterocycles. The third kappa shape index (κ3) is 3.91. The average molecular weight is 498 g/mol. The van der Waals surface area contributed by atoms with Crippen molar-refractivity contribution < 1.29 is 9.90 Å². The fraction of sp³-hybridized carbons (Fsp3) is 0.360. The summed E-state index contributed by atoms with van der Waals surface area (Å²) in [6, 6.07) is 7.44. The van der Waals surface area contributed by atoms with Gasteiger partial charge in [0, 0.05) is 23.6 Å². The first-order valence-corrected chi connectivity index (χ1v) is 12.0. The first kappa shape index (κ1) is 23.0. The molecule has 0 bridgehead atoms. The zero-order chi connectivity index (χ0) is 24.2. The van der Waals surface area contributed by atoms with Gasteiger partial charge in [0.15, 0.2) is 5.78 Å². The van der Waals surface area contributed by atoms with Crippen LogP contribution in [0.3, 0.4) is 0 Å². The predicted octanol–water partition coefficient (Wildman–Crippen LogP) is 4.97. The maximum atomic E-state index is 13.5. The van der Waals surface area contributed by atoms with E-state index < -0.39 is 11.5 Å². The molecule has 9 heteroatoms. The van der Waals surface area contributed by atoms with Crippen molar-refractivity contribution in [3.05, 3.63) is 75.0 Å². The number of Topliss-reactive ketones (excluding diaryl/α,β-unsaturated/α-hetero) is 1. The highest BCUT2D eigenvalue weighted by molar-refractivity contribution is 6.40. The lowest BCUT2D eigenvalue weighted by atomic mass is 9.66. The topological polar surface area (TPSA) is 85.3 Å². The molecule has 1 N–H and O–H groups in total. The second-order valence-corrected chi connectivity index (χ2v) is 10.1. The number of carbonyl (C=O) groups excluding carboxylic acids is 1. The fourth-order valence-corrected chi connectivity index (χ4v) is 5.63. The van der Waals surface area contributed by atoms with Crippen molar-refractivity contribution in [3.8, 4) is 5.69 Å². The standard InChI is InChI=1S/C25H25Cl2N5O2/c1-14-4-5-22-18-10-25(15(2)33,7-6-21(18)30-31(22)12-14)11-23(34)24-19(26)8-17(9-20(24)27)32-13-28-16(3)29-32/h4-5,8-9,12-13,15,33H,6-7,10-11H2,1-3H3.